The third kappa shape index (κ3) is 4.80. The maximum atomic E-state index is 11.6. The smallest absolute Gasteiger partial charge is 0.250 e. The number of hydrogen-bond acceptors (Lipinski definition) is 3. The van der Waals surface area contributed by atoms with Crippen LogP contribution in [0.5, 0.6) is 0 Å². The van der Waals surface area contributed by atoms with Gasteiger partial charge in [0.2, 0.25) is 0 Å². The third-order valence-electron chi connectivity index (χ3n) is 4.00. The fraction of sp³-hybridized carbons (Fsp3) is 0.667. The monoisotopic (exact) mass is 263 g/mol. The molecule has 19 heavy (non-hydrogen) atoms. The Morgan fingerprint density at radius 3 is 2.84 bits per heavy atom. The van der Waals surface area contributed by atoms with Crippen molar-refractivity contribution < 1.29 is 0 Å². The van der Waals surface area contributed by atoms with Crippen LogP contribution < -0.4 is 10.9 Å². The highest BCUT2D eigenvalue weighted by atomic mass is 16.1. The Morgan fingerprint density at radius 1 is 1.32 bits per heavy atom. The van der Waals surface area contributed by atoms with Crippen molar-refractivity contribution in [1.29, 1.82) is 0 Å². The van der Waals surface area contributed by atoms with Crippen LogP contribution in [0.2, 0.25) is 0 Å². The maximum absolute atomic E-state index is 11.6. The number of aromatic nitrogens is 1. The molecule has 1 aliphatic rings. The van der Waals surface area contributed by atoms with Crippen LogP contribution in [0.1, 0.15) is 19.3 Å². The summed E-state index contributed by atoms with van der Waals surface area (Å²) in [6.45, 7) is 5.20. The number of piperidine rings is 1. The number of hydrogen-bond donors (Lipinski definition) is 1. The molecule has 2 rings (SSSR count). The number of likely N-dealkylation sites (N-methyl/N-ethyl adjacent to an activating group) is 1. The standard InChI is InChI=1S/C15H25N3O/c1-17(11-7-14-5-8-16-9-6-14)12-13-18-10-3-2-4-15(18)19/h2-4,10,14,16H,5-9,11-13H2,1H3. The van der Waals surface area contributed by atoms with Gasteiger partial charge >= 0.3 is 0 Å². The lowest BCUT2D eigenvalue weighted by Crippen LogP contribution is -2.32. The van der Waals surface area contributed by atoms with Crippen molar-refractivity contribution in [2.45, 2.75) is 25.8 Å². The Kier molecular flexibility index (Phi) is 5.61. The topological polar surface area (TPSA) is 37.3 Å². The van der Waals surface area contributed by atoms with Crippen LogP contribution in [-0.4, -0.2) is 42.7 Å². The summed E-state index contributed by atoms with van der Waals surface area (Å²) in [6.07, 6.45) is 5.77. The fourth-order valence-electron chi connectivity index (χ4n) is 2.61. The molecule has 0 bridgehead atoms. The molecule has 0 spiro atoms. The van der Waals surface area contributed by atoms with Gasteiger partial charge in [-0.3, -0.25) is 4.79 Å². The van der Waals surface area contributed by atoms with E-state index in [0.717, 1.165) is 25.6 Å². The third-order valence-corrected chi connectivity index (χ3v) is 4.00. The molecular formula is C15H25N3O. The van der Waals surface area contributed by atoms with Crippen molar-refractivity contribution in [2.75, 3.05) is 33.2 Å². The van der Waals surface area contributed by atoms with Gasteiger partial charge in [0.25, 0.3) is 5.56 Å². The molecule has 1 fully saturated rings. The molecule has 1 aliphatic heterocycles. The maximum Gasteiger partial charge on any atom is 0.250 e. The molecule has 0 saturated carbocycles. The average molecular weight is 263 g/mol. The predicted molar refractivity (Wildman–Crippen MR) is 78.4 cm³/mol. The number of pyridine rings is 1. The van der Waals surface area contributed by atoms with E-state index < -0.39 is 0 Å². The summed E-state index contributed by atoms with van der Waals surface area (Å²) in [5.74, 6) is 0.878. The summed E-state index contributed by atoms with van der Waals surface area (Å²) < 4.78 is 1.78. The fourth-order valence-corrected chi connectivity index (χ4v) is 2.61. The Hall–Kier alpha value is -1.13. The highest BCUT2D eigenvalue weighted by Crippen LogP contribution is 2.15. The molecule has 0 atom stereocenters. The van der Waals surface area contributed by atoms with Crippen molar-refractivity contribution in [2.24, 2.45) is 5.92 Å². The van der Waals surface area contributed by atoms with E-state index in [1.165, 1.54) is 32.4 Å². The molecule has 2 heterocycles. The SMILES string of the molecule is CN(CCC1CCNCC1)CCn1ccccc1=O. The van der Waals surface area contributed by atoms with Gasteiger partial charge in [0.05, 0.1) is 0 Å². The zero-order chi connectivity index (χ0) is 13.5. The summed E-state index contributed by atoms with van der Waals surface area (Å²) in [5.41, 5.74) is 0.0919. The molecule has 4 heteroatoms. The second-order valence-electron chi connectivity index (χ2n) is 5.52. The van der Waals surface area contributed by atoms with E-state index in [9.17, 15) is 4.79 Å². The number of rotatable bonds is 6. The zero-order valence-corrected chi connectivity index (χ0v) is 11.8. The summed E-state index contributed by atoms with van der Waals surface area (Å²) in [7, 11) is 2.15. The van der Waals surface area contributed by atoms with Crippen molar-refractivity contribution in [1.82, 2.24) is 14.8 Å². The van der Waals surface area contributed by atoms with E-state index in [0.29, 0.717) is 0 Å². The van der Waals surface area contributed by atoms with Crippen LogP contribution in [0.4, 0.5) is 0 Å². The molecule has 1 N–H and O–H groups in total. The van der Waals surface area contributed by atoms with Crippen LogP contribution in [0.15, 0.2) is 29.2 Å². The molecule has 0 radical (unpaired) electrons. The quantitative estimate of drug-likeness (QED) is 0.837. The second-order valence-corrected chi connectivity index (χ2v) is 5.52. The lowest BCUT2D eigenvalue weighted by molar-refractivity contribution is 0.263. The Balaban J connectivity index is 1.68. The Morgan fingerprint density at radius 2 is 2.11 bits per heavy atom. The van der Waals surface area contributed by atoms with Gasteiger partial charge in [-0.25, -0.2) is 0 Å². The molecule has 1 saturated heterocycles. The van der Waals surface area contributed by atoms with Crippen molar-refractivity contribution >= 4 is 0 Å². The molecular weight excluding hydrogens is 238 g/mol. The number of nitrogens with one attached hydrogen (secondary N) is 1. The van der Waals surface area contributed by atoms with E-state index in [1.54, 1.807) is 16.7 Å². The molecule has 0 aliphatic carbocycles. The minimum Gasteiger partial charge on any atom is -0.317 e. The Bertz CT molecular complexity index is 423. The summed E-state index contributed by atoms with van der Waals surface area (Å²) >= 11 is 0. The molecule has 0 amide bonds. The normalized spacial score (nSPS) is 16.9. The highest BCUT2D eigenvalue weighted by Gasteiger charge is 2.13. The van der Waals surface area contributed by atoms with Gasteiger partial charge in [-0.2, -0.15) is 0 Å². The first-order valence-electron chi connectivity index (χ1n) is 7.30. The van der Waals surface area contributed by atoms with Gasteiger partial charge in [-0.05, 0) is 57.9 Å². The van der Waals surface area contributed by atoms with Crippen LogP contribution in [0, 0.1) is 5.92 Å². The first-order chi connectivity index (χ1) is 9.25. The van der Waals surface area contributed by atoms with E-state index in [2.05, 4.69) is 17.3 Å². The average Bonchev–Trinajstić information content (AvgIpc) is 2.45. The van der Waals surface area contributed by atoms with Crippen LogP contribution in [0.25, 0.3) is 0 Å². The van der Waals surface area contributed by atoms with Gasteiger partial charge < -0.3 is 14.8 Å². The van der Waals surface area contributed by atoms with E-state index >= 15 is 0 Å². The van der Waals surface area contributed by atoms with E-state index in [-0.39, 0.29) is 5.56 Å². The highest BCUT2D eigenvalue weighted by molar-refractivity contribution is 4.93. The Labute approximate surface area is 115 Å². The lowest BCUT2D eigenvalue weighted by Gasteiger charge is -2.25. The van der Waals surface area contributed by atoms with Gasteiger partial charge in [-0.1, -0.05) is 6.07 Å². The van der Waals surface area contributed by atoms with Crippen LogP contribution >= 0.6 is 0 Å². The number of nitrogens with zero attached hydrogens (tertiary/aromatic N) is 2. The van der Waals surface area contributed by atoms with Crippen molar-refractivity contribution in [3.8, 4) is 0 Å². The van der Waals surface area contributed by atoms with Crippen LogP contribution in [-0.2, 0) is 6.54 Å². The lowest BCUT2D eigenvalue weighted by atomic mass is 9.94. The molecule has 4 nitrogen and oxygen atoms in total. The largest absolute Gasteiger partial charge is 0.317 e. The summed E-state index contributed by atoms with van der Waals surface area (Å²) in [5, 5.41) is 3.40. The summed E-state index contributed by atoms with van der Waals surface area (Å²) in [4.78, 5) is 13.9. The van der Waals surface area contributed by atoms with Gasteiger partial charge in [-0.15, -0.1) is 0 Å². The van der Waals surface area contributed by atoms with Crippen molar-refractivity contribution in [3.63, 3.8) is 0 Å². The molecule has 0 unspecified atom stereocenters. The molecule has 0 aromatic carbocycles. The van der Waals surface area contributed by atoms with Crippen LogP contribution in [0.3, 0.4) is 0 Å². The first kappa shape index (κ1) is 14.3. The predicted octanol–water partition coefficient (Wildman–Crippen LogP) is 1.17. The first-order valence-corrected chi connectivity index (χ1v) is 7.30. The molecule has 1 aromatic heterocycles. The van der Waals surface area contributed by atoms with Crippen molar-refractivity contribution in [3.05, 3.63) is 34.7 Å². The van der Waals surface area contributed by atoms with Gasteiger partial charge in [0, 0.05) is 25.4 Å². The zero-order valence-electron chi connectivity index (χ0n) is 11.8. The second kappa shape index (κ2) is 7.46. The van der Waals surface area contributed by atoms with Gasteiger partial charge in [0.15, 0.2) is 0 Å². The minimum absolute atomic E-state index is 0.0919. The van der Waals surface area contributed by atoms with Gasteiger partial charge in [0.1, 0.15) is 0 Å². The molecule has 1 aromatic rings. The van der Waals surface area contributed by atoms with E-state index in [4.69, 9.17) is 0 Å². The minimum atomic E-state index is 0.0919. The van der Waals surface area contributed by atoms with E-state index in [1.807, 2.05) is 12.3 Å². The summed E-state index contributed by atoms with van der Waals surface area (Å²) in [6, 6.07) is 5.32. The molecule has 106 valence electrons.